The number of benzene rings is 3. The van der Waals surface area contributed by atoms with E-state index in [9.17, 15) is 36.2 Å². The number of carbonyl (C=O) groups excluding carboxylic acids is 1. The summed E-state index contributed by atoms with van der Waals surface area (Å²) in [5.74, 6) is -0.976. The molecule has 0 heterocycles. The van der Waals surface area contributed by atoms with E-state index in [0.29, 0.717) is 6.07 Å². The van der Waals surface area contributed by atoms with Gasteiger partial charge in [0.2, 0.25) is 0 Å². The zero-order valence-electron chi connectivity index (χ0n) is 14.8. The van der Waals surface area contributed by atoms with Crippen molar-refractivity contribution in [2.75, 3.05) is 5.32 Å². The molecule has 0 bridgehead atoms. The van der Waals surface area contributed by atoms with Crippen LogP contribution in [-0.2, 0) is 5.60 Å². The van der Waals surface area contributed by atoms with Crippen LogP contribution in [0.4, 0.5) is 32.0 Å². The van der Waals surface area contributed by atoms with Crippen LogP contribution in [0.5, 0.6) is 0 Å². The predicted molar refractivity (Wildman–Crippen MR) is 99.4 cm³/mol. The Hall–Kier alpha value is -2.78. The largest absolute Gasteiger partial charge is 0.430 e. The van der Waals surface area contributed by atoms with Gasteiger partial charge in [0, 0.05) is 21.5 Å². The lowest BCUT2D eigenvalue weighted by Gasteiger charge is -2.34. The number of amides is 1. The van der Waals surface area contributed by atoms with E-state index in [1.807, 2.05) is 0 Å². The molecule has 0 saturated carbocycles. The molecule has 0 aliphatic rings. The van der Waals surface area contributed by atoms with Crippen LogP contribution in [0.3, 0.4) is 0 Å². The highest BCUT2D eigenvalue weighted by molar-refractivity contribution is 6.30. The van der Waals surface area contributed by atoms with Crippen molar-refractivity contribution in [3.8, 4) is 0 Å². The lowest BCUT2D eigenvalue weighted by Crippen LogP contribution is -2.54. The summed E-state index contributed by atoms with van der Waals surface area (Å²) in [6.07, 6.45) is -12.2. The Kier molecular flexibility index (Phi) is 5.46. The fourth-order valence-electron chi connectivity index (χ4n) is 2.96. The van der Waals surface area contributed by atoms with Gasteiger partial charge in [0.25, 0.3) is 11.5 Å². The van der Waals surface area contributed by atoms with E-state index >= 15 is 0 Å². The topological polar surface area (TPSA) is 49.3 Å². The van der Waals surface area contributed by atoms with Gasteiger partial charge in [-0.15, -0.1) is 0 Å². The summed E-state index contributed by atoms with van der Waals surface area (Å²) in [6.45, 7) is 0. The molecule has 0 aliphatic heterocycles. The lowest BCUT2D eigenvalue weighted by atomic mass is 9.88. The second-order valence-electron chi connectivity index (χ2n) is 6.38. The van der Waals surface area contributed by atoms with Crippen LogP contribution in [0.25, 0.3) is 10.8 Å². The minimum atomic E-state index is -6.10. The molecule has 0 atom stereocenters. The van der Waals surface area contributed by atoms with Crippen molar-refractivity contribution >= 4 is 34.0 Å². The second-order valence-corrected chi connectivity index (χ2v) is 6.81. The summed E-state index contributed by atoms with van der Waals surface area (Å²) in [5.41, 5.74) is -7.60. The summed E-state index contributed by atoms with van der Waals surface area (Å²) in [4.78, 5) is 12.5. The van der Waals surface area contributed by atoms with Gasteiger partial charge in [-0.25, -0.2) is 0 Å². The highest BCUT2D eigenvalue weighted by atomic mass is 35.5. The molecule has 0 aromatic heterocycles. The number of anilines is 1. The first-order valence-electron chi connectivity index (χ1n) is 8.31. The van der Waals surface area contributed by atoms with Crippen LogP contribution in [0, 0.1) is 0 Å². The Balaban J connectivity index is 2.26. The summed E-state index contributed by atoms with van der Waals surface area (Å²) in [5, 5.41) is 12.4. The third kappa shape index (κ3) is 3.70. The van der Waals surface area contributed by atoms with Gasteiger partial charge in [-0.1, -0.05) is 48.0 Å². The summed E-state index contributed by atoms with van der Waals surface area (Å²) in [6, 6.07) is 12.3. The molecular formula is C20H12ClF6NO2. The molecule has 2 N–H and O–H groups in total. The zero-order chi connectivity index (χ0) is 22.3. The molecule has 0 spiro atoms. The Morgan fingerprint density at radius 3 is 1.97 bits per heavy atom. The average Bonchev–Trinajstić information content (AvgIpc) is 2.66. The third-order valence-electron chi connectivity index (χ3n) is 4.48. The molecular weight excluding hydrogens is 436 g/mol. The van der Waals surface area contributed by atoms with E-state index in [0.717, 1.165) is 6.07 Å². The molecule has 30 heavy (non-hydrogen) atoms. The van der Waals surface area contributed by atoms with E-state index in [1.54, 1.807) is 0 Å². The van der Waals surface area contributed by atoms with Crippen LogP contribution in [-0.4, -0.2) is 23.4 Å². The fourth-order valence-corrected chi connectivity index (χ4v) is 3.09. The van der Waals surface area contributed by atoms with Gasteiger partial charge < -0.3 is 10.4 Å². The molecule has 1 amide bonds. The number of halogens is 7. The van der Waals surface area contributed by atoms with Gasteiger partial charge in [0.1, 0.15) is 0 Å². The SMILES string of the molecule is O=C(Nc1c(C(O)(C(F)(F)F)C(F)(F)F)ccc2ccccc12)c1ccc(Cl)cc1. The van der Waals surface area contributed by atoms with Gasteiger partial charge in [-0.3, -0.25) is 4.79 Å². The van der Waals surface area contributed by atoms with Gasteiger partial charge >= 0.3 is 12.4 Å². The molecule has 10 heteroatoms. The van der Waals surface area contributed by atoms with E-state index in [2.05, 4.69) is 5.32 Å². The normalized spacial score (nSPS) is 12.8. The van der Waals surface area contributed by atoms with E-state index < -0.39 is 35.1 Å². The van der Waals surface area contributed by atoms with Crippen molar-refractivity contribution in [3.63, 3.8) is 0 Å². The number of fused-ring (bicyclic) bond motifs is 1. The fraction of sp³-hybridized carbons (Fsp3) is 0.150. The summed E-state index contributed by atoms with van der Waals surface area (Å²) in [7, 11) is 0. The summed E-state index contributed by atoms with van der Waals surface area (Å²) >= 11 is 5.73. The molecule has 0 radical (unpaired) electrons. The van der Waals surface area contributed by atoms with Crippen molar-refractivity contribution < 1.29 is 36.2 Å². The lowest BCUT2D eigenvalue weighted by molar-refractivity contribution is -0.375. The number of rotatable bonds is 3. The third-order valence-corrected chi connectivity index (χ3v) is 4.74. The number of hydrogen-bond acceptors (Lipinski definition) is 2. The number of hydrogen-bond donors (Lipinski definition) is 2. The van der Waals surface area contributed by atoms with Gasteiger partial charge in [-0.05, 0) is 29.7 Å². The standard InChI is InChI=1S/C20H12ClF6NO2/c21-13-8-5-12(6-9-13)17(29)28-16-14-4-2-1-3-11(14)7-10-15(16)18(30,19(22,23)24)20(25,26)27/h1-10,30H,(H,28,29). The maximum Gasteiger partial charge on any atom is 0.430 e. The Morgan fingerprint density at radius 1 is 0.833 bits per heavy atom. The molecule has 0 saturated heterocycles. The maximum atomic E-state index is 13.5. The maximum absolute atomic E-state index is 13.5. The molecule has 3 aromatic rings. The first kappa shape index (κ1) is 21.9. The van der Waals surface area contributed by atoms with Crippen LogP contribution in [0.2, 0.25) is 5.02 Å². The van der Waals surface area contributed by atoms with Crippen molar-refractivity contribution in [1.29, 1.82) is 0 Å². The Morgan fingerprint density at radius 2 is 1.40 bits per heavy atom. The number of alkyl halides is 6. The highest BCUT2D eigenvalue weighted by Crippen LogP contribution is 2.53. The molecule has 3 nitrogen and oxygen atoms in total. The minimum absolute atomic E-state index is 0.0548. The predicted octanol–water partition coefficient (Wildman–Crippen LogP) is 6.06. The Labute approximate surface area is 170 Å². The van der Waals surface area contributed by atoms with Crippen molar-refractivity contribution in [3.05, 3.63) is 76.8 Å². The molecule has 0 fully saturated rings. The molecule has 3 rings (SSSR count). The van der Waals surface area contributed by atoms with Crippen LogP contribution in [0.1, 0.15) is 15.9 Å². The van der Waals surface area contributed by atoms with Crippen LogP contribution < -0.4 is 5.32 Å². The quantitative estimate of drug-likeness (QED) is 0.480. The molecule has 0 unspecified atom stereocenters. The van der Waals surface area contributed by atoms with Crippen molar-refractivity contribution in [2.45, 2.75) is 18.0 Å². The number of aliphatic hydroxyl groups is 1. The van der Waals surface area contributed by atoms with E-state index in [1.165, 1.54) is 48.5 Å². The smallest absolute Gasteiger partial charge is 0.369 e. The number of carbonyl (C=O) groups is 1. The van der Waals surface area contributed by atoms with E-state index in [4.69, 9.17) is 11.6 Å². The van der Waals surface area contributed by atoms with Crippen LogP contribution in [0.15, 0.2) is 60.7 Å². The van der Waals surface area contributed by atoms with Gasteiger partial charge in [0.15, 0.2) is 0 Å². The van der Waals surface area contributed by atoms with Gasteiger partial charge in [0.05, 0.1) is 5.69 Å². The summed E-state index contributed by atoms with van der Waals surface area (Å²) < 4.78 is 80.8. The van der Waals surface area contributed by atoms with Gasteiger partial charge in [-0.2, -0.15) is 26.3 Å². The average molecular weight is 448 g/mol. The van der Waals surface area contributed by atoms with Crippen LogP contribution >= 0.6 is 11.6 Å². The molecule has 0 aliphatic carbocycles. The zero-order valence-corrected chi connectivity index (χ0v) is 15.5. The van der Waals surface area contributed by atoms with Crippen molar-refractivity contribution in [2.24, 2.45) is 0 Å². The number of nitrogens with one attached hydrogen (secondary N) is 1. The molecule has 3 aromatic carbocycles. The first-order valence-corrected chi connectivity index (χ1v) is 8.69. The monoisotopic (exact) mass is 447 g/mol. The highest BCUT2D eigenvalue weighted by Gasteiger charge is 2.72. The first-order chi connectivity index (χ1) is 13.9. The van der Waals surface area contributed by atoms with Crippen molar-refractivity contribution in [1.82, 2.24) is 0 Å². The van der Waals surface area contributed by atoms with E-state index in [-0.39, 0.29) is 21.4 Å². The minimum Gasteiger partial charge on any atom is -0.369 e. The molecule has 158 valence electrons. The second kappa shape index (κ2) is 7.48. The Bertz CT molecular complexity index is 1080.